The fourth-order valence-corrected chi connectivity index (χ4v) is 3.62. The molecule has 0 amide bonds. The van der Waals surface area contributed by atoms with Crippen molar-refractivity contribution in [2.45, 2.75) is 33.1 Å². The summed E-state index contributed by atoms with van der Waals surface area (Å²) in [5.41, 5.74) is 13.7. The minimum Gasteiger partial charge on any atom is -0.330 e. The number of benzene rings is 2. The van der Waals surface area contributed by atoms with Gasteiger partial charge in [-0.1, -0.05) is 42.5 Å². The Balaban J connectivity index is 1.93. The number of fused-ring (bicyclic) bond motifs is 1. The summed E-state index contributed by atoms with van der Waals surface area (Å²) in [5.74, 6) is 0. The maximum absolute atomic E-state index is 6.20. The zero-order valence-electron chi connectivity index (χ0n) is 12.4. The molecule has 20 heavy (non-hydrogen) atoms. The molecule has 0 spiro atoms. The Kier molecular flexibility index (Phi) is 3.39. The summed E-state index contributed by atoms with van der Waals surface area (Å²) in [5, 5.41) is 0. The van der Waals surface area contributed by atoms with Crippen molar-refractivity contribution in [2.75, 3.05) is 6.54 Å². The Morgan fingerprint density at radius 3 is 1.95 bits per heavy atom. The largest absolute Gasteiger partial charge is 0.330 e. The van der Waals surface area contributed by atoms with Crippen molar-refractivity contribution < 1.29 is 0 Å². The van der Waals surface area contributed by atoms with Gasteiger partial charge >= 0.3 is 0 Å². The maximum Gasteiger partial charge on any atom is -0.00109 e. The quantitative estimate of drug-likeness (QED) is 0.901. The van der Waals surface area contributed by atoms with Crippen molar-refractivity contribution in [3.05, 3.63) is 70.3 Å². The highest BCUT2D eigenvalue weighted by atomic mass is 14.6. The zero-order chi connectivity index (χ0) is 14.2. The van der Waals surface area contributed by atoms with Gasteiger partial charge in [0.25, 0.3) is 0 Å². The molecule has 2 N–H and O–H groups in total. The summed E-state index contributed by atoms with van der Waals surface area (Å²) in [6.07, 6.45) is 3.33. The average molecular weight is 265 g/mol. The lowest BCUT2D eigenvalue weighted by atomic mass is 9.77. The monoisotopic (exact) mass is 265 g/mol. The van der Waals surface area contributed by atoms with Gasteiger partial charge in [0.05, 0.1) is 0 Å². The predicted octanol–water partition coefficient (Wildman–Crippen LogP) is 3.59. The number of rotatable bonds is 3. The molecule has 0 saturated carbocycles. The van der Waals surface area contributed by atoms with Gasteiger partial charge in [-0.2, -0.15) is 0 Å². The molecule has 0 atom stereocenters. The van der Waals surface area contributed by atoms with Gasteiger partial charge in [-0.05, 0) is 72.9 Å². The molecule has 1 aliphatic carbocycles. The van der Waals surface area contributed by atoms with Crippen molar-refractivity contribution in [3.63, 3.8) is 0 Å². The molecule has 3 rings (SSSR count). The van der Waals surface area contributed by atoms with Gasteiger partial charge in [0.2, 0.25) is 0 Å². The Hall–Kier alpha value is -1.60. The van der Waals surface area contributed by atoms with Gasteiger partial charge in [0.15, 0.2) is 0 Å². The molecular formula is C19H23N. The summed E-state index contributed by atoms with van der Waals surface area (Å²) in [7, 11) is 0. The summed E-state index contributed by atoms with van der Waals surface area (Å²) < 4.78 is 0. The van der Waals surface area contributed by atoms with E-state index in [-0.39, 0.29) is 5.41 Å². The van der Waals surface area contributed by atoms with E-state index in [1.165, 1.54) is 27.8 Å². The fourth-order valence-electron chi connectivity index (χ4n) is 3.62. The molecule has 2 aromatic rings. The molecule has 0 aliphatic heterocycles. The van der Waals surface area contributed by atoms with E-state index in [0.29, 0.717) is 0 Å². The third kappa shape index (κ3) is 2.27. The molecule has 1 heteroatoms. The fraction of sp³-hybridized carbons (Fsp3) is 0.368. The van der Waals surface area contributed by atoms with Crippen molar-refractivity contribution >= 4 is 0 Å². The number of nitrogens with two attached hydrogens (primary N) is 1. The smallest absolute Gasteiger partial charge is 0.00109 e. The third-order valence-corrected chi connectivity index (χ3v) is 4.88. The van der Waals surface area contributed by atoms with Gasteiger partial charge in [-0.3, -0.25) is 0 Å². The number of aryl methyl sites for hydroxylation is 2. The highest BCUT2D eigenvalue weighted by Crippen LogP contribution is 2.39. The van der Waals surface area contributed by atoms with Crippen LogP contribution in [0.4, 0.5) is 0 Å². The van der Waals surface area contributed by atoms with Gasteiger partial charge in [-0.25, -0.2) is 0 Å². The lowest BCUT2D eigenvalue weighted by molar-refractivity contribution is 0.314. The average Bonchev–Trinajstić information content (AvgIpc) is 2.82. The van der Waals surface area contributed by atoms with E-state index in [4.69, 9.17) is 5.73 Å². The Morgan fingerprint density at radius 2 is 1.45 bits per heavy atom. The van der Waals surface area contributed by atoms with Gasteiger partial charge < -0.3 is 5.73 Å². The van der Waals surface area contributed by atoms with Crippen LogP contribution in [0.1, 0.15) is 27.8 Å². The van der Waals surface area contributed by atoms with E-state index in [0.717, 1.165) is 25.8 Å². The first-order chi connectivity index (χ1) is 9.63. The SMILES string of the molecule is Cc1cccc(C)c1CC1(CN)Cc2ccccc2C1. The highest BCUT2D eigenvalue weighted by molar-refractivity contribution is 5.39. The Labute approximate surface area is 121 Å². The molecule has 0 unspecified atom stereocenters. The first-order valence-corrected chi connectivity index (χ1v) is 7.45. The topological polar surface area (TPSA) is 26.0 Å². The lowest BCUT2D eigenvalue weighted by Crippen LogP contribution is -2.34. The van der Waals surface area contributed by atoms with Crippen LogP contribution in [0.15, 0.2) is 42.5 Å². The van der Waals surface area contributed by atoms with E-state index in [9.17, 15) is 0 Å². The van der Waals surface area contributed by atoms with Crippen LogP contribution in [0.5, 0.6) is 0 Å². The predicted molar refractivity (Wildman–Crippen MR) is 85.0 cm³/mol. The first kappa shape index (κ1) is 13.4. The van der Waals surface area contributed by atoms with E-state index in [1.54, 1.807) is 0 Å². The molecule has 0 fully saturated rings. The van der Waals surface area contributed by atoms with Crippen LogP contribution in [-0.4, -0.2) is 6.54 Å². The van der Waals surface area contributed by atoms with Gasteiger partial charge in [0.1, 0.15) is 0 Å². The summed E-state index contributed by atoms with van der Waals surface area (Å²) in [4.78, 5) is 0. The van der Waals surface area contributed by atoms with Gasteiger partial charge in [0, 0.05) is 0 Å². The molecule has 0 bridgehead atoms. The standard InChI is InChI=1S/C19H23N/c1-14-6-5-7-15(2)18(14)12-19(13-20)10-16-8-3-4-9-17(16)11-19/h3-9H,10-13,20H2,1-2H3. The molecule has 1 nitrogen and oxygen atoms in total. The van der Waals surface area contributed by atoms with E-state index in [2.05, 4.69) is 56.3 Å². The van der Waals surface area contributed by atoms with Crippen LogP contribution in [0.3, 0.4) is 0 Å². The minimum atomic E-state index is 0.209. The van der Waals surface area contributed by atoms with Crippen molar-refractivity contribution in [1.82, 2.24) is 0 Å². The van der Waals surface area contributed by atoms with Crippen LogP contribution in [-0.2, 0) is 19.3 Å². The summed E-state index contributed by atoms with van der Waals surface area (Å²) in [6.45, 7) is 5.19. The zero-order valence-corrected chi connectivity index (χ0v) is 12.4. The van der Waals surface area contributed by atoms with E-state index >= 15 is 0 Å². The van der Waals surface area contributed by atoms with Gasteiger partial charge in [-0.15, -0.1) is 0 Å². The highest BCUT2D eigenvalue weighted by Gasteiger charge is 2.36. The first-order valence-electron chi connectivity index (χ1n) is 7.45. The molecular weight excluding hydrogens is 242 g/mol. The molecule has 0 saturated heterocycles. The number of hydrogen-bond donors (Lipinski definition) is 1. The molecule has 0 aromatic heterocycles. The summed E-state index contributed by atoms with van der Waals surface area (Å²) >= 11 is 0. The molecule has 0 radical (unpaired) electrons. The second-order valence-corrected chi connectivity index (χ2v) is 6.37. The number of hydrogen-bond acceptors (Lipinski definition) is 1. The van der Waals surface area contributed by atoms with Crippen LogP contribution in [0, 0.1) is 19.3 Å². The second-order valence-electron chi connectivity index (χ2n) is 6.37. The second kappa shape index (κ2) is 5.06. The molecule has 1 aliphatic rings. The lowest BCUT2D eigenvalue weighted by Gasteiger charge is -2.29. The Morgan fingerprint density at radius 1 is 0.900 bits per heavy atom. The normalized spacial score (nSPS) is 16.1. The Bertz CT molecular complexity index is 582. The molecule has 104 valence electrons. The minimum absolute atomic E-state index is 0.209. The summed E-state index contributed by atoms with van der Waals surface area (Å²) in [6, 6.07) is 15.4. The van der Waals surface area contributed by atoms with Crippen molar-refractivity contribution in [3.8, 4) is 0 Å². The van der Waals surface area contributed by atoms with Crippen molar-refractivity contribution in [1.29, 1.82) is 0 Å². The third-order valence-electron chi connectivity index (χ3n) is 4.88. The van der Waals surface area contributed by atoms with Crippen LogP contribution >= 0.6 is 0 Å². The van der Waals surface area contributed by atoms with Crippen molar-refractivity contribution in [2.24, 2.45) is 11.1 Å². The maximum atomic E-state index is 6.20. The van der Waals surface area contributed by atoms with E-state index in [1.807, 2.05) is 0 Å². The van der Waals surface area contributed by atoms with Crippen LogP contribution in [0.2, 0.25) is 0 Å². The molecule has 0 heterocycles. The van der Waals surface area contributed by atoms with Crippen LogP contribution < -0.4 is 5.73 Å². The molecule has 2 aromatic carbocycles. The van der Waals surface area contributed by atoms with E-state index < -0.39 is 0 Å². The van der Waals surface area contributed by atoms with Crippen LogP contribution in [0.25, 0.3) is 0 Å².